The van der Waals surface area contributed by atoms with Crippen LogP contribution in [0.4, 0.5) is 0 Å². The van der Waals surface area contributed by atoms with Gasteiger partial charge in [-0.05, 0) is 101 Å². The molecule has 5 heteroatoms. The summed E-state index contributed by atoms with van der Waals surface area (Å²) in [5.41, 5.74) is 1.66. The van der Waals surface area contributed by atoms with Crippen molar-refractivity contribution in [1.29, 1.82) is 0 Å². The Kier molecular flexibility index (Phi) is 9.79. The van der Waals surface area contributed by atoms with Crippen LogP contribution in [0.2, 0.25) is 0 Å². The van der Waals surface area contributed by atoms with E-state index in [9.17, 15) is 19.8 Å². The number of ether oxygens (including phenoxy) is 1. The lowest BCUT2D eigenvalue weighted by Gasteiger charge is -2.44. The van der Waals surface area contributed by atoms with Crippen LogP contribution in [0.15, 0.2) is 35.5 Å². The van der Waals surface area contributed by atoms with Crippen molar-refractivity contribution in [2.24, 2.45) is 28.6 Å². The maximum Gasteiger partial charge on any atom is 0.319 e. The molecular formula is C31H48O5. The van der Waals surface area contributed by atoms with Gasteiger partial charge in [0, 0.05) is 0 Å². The highest BCUT2D eigenvalue weighted by molar-refractivity contribution is 6.08. The zero-order valence-electron chi connectivity index (χ0n) is 23.1. The van der Waals surface area contributed by atoms with Gasteiger partial charge in [0.05, 0.1) is 18.8 Å². The summed E-state index contributed by atoms with van der Waals surface area (Å²) in [5, 5.41) is 20.0. The molecule has 3 fully saturated rings. The molecule has 0 spiro atoms. The highest BCUT2D eigenvalue weighted by Crippen LogP contribution is 2.59. The highest BCUT2D eigenvalue weighted by Gasteiger charge is 2.50. The number of ketones is 1. The van der Waals surface area contributed by atoms with E-state index in [0.29, 0.717) is 37.7 Å². The van der Waals surface area contributed by atoms with Gasteiger partial charge in [-0.2, -0.15) is 0 Å². The molecule has 0 heterocycles. The summed E-state index contributed by atoms with van der Waals surface area (Å²) >= 11 is 0. The van der Waals surface area contributed by atoms with Crippen LogP contribution in [-0.4, -0.2) is 40.8 Å². The van der Waals surface area contributed by atoms with Gasteiger partial charge in [-0.1, -0.05) is 56.6 Å². The average molecular weight is 501 g/mol. The fourth-order valence-electron chi connectivity index (χ4n) is 6.85. The van der Waals surface area contributed by atoms with E-state index in [-0.39, 0.29) is 17.1 Å². The Morgan fingerprint density at radius 2 is 1.86 bits per heavy atom. The standard InChI is InChI=1S/C31H48O5/c1-6-7-17-36-29(35)30(3,4)28(34)15-10-21(2)26-13-14-27-23(9-8-16-31(26,27)5)12-11-22-18-24(32)20-25(33)19-22/h10-12,15,21,24-27,32-33H,6-9,13-14,16-20H2,1-5H3/b15-10+,23-12+/t21-,24-,25-,26-,27+,31-/m1/s1. The van der Waals surface area contributed by atoms with Crippen molar-refractivity contribution >= 4 is 11.8 Å². The molecule has 3 rings (SSSR count). The number of aliphatic hydroxyl groups is 2. The van der Waals surface area contributed by atoms with E-state index in [1.807, 2.05) is 13.0 Å². The minimum Gasteiger partial charge on any atom is -0.465 e. The van der Waals surface area contributed by atoms with E-state index in [1.54, 1.807) is 19.9 Å². The van der Waals surface area contributed by atoms with Gasteiger partial charge in [0.2, 0.25) is 0 Å². The molecule has 0 bridgehead atoms. The molecule has 0 aliphatic heterocycles. The van der Waals surface area contributed by atoms with Crippen LogP contribution >= 0.6 is 0 Å². The first-order valence-corrected chi connectivity index (χ1v) is 14.1. The Hall–Kier alpha value is -1.72. The first-order valence-electron chi connectivity index (χ1n) is 14.1. The number of rotatable bonds is 9. The molecule has 0 saturated heterocycles. The third-order valence-electron chi connectivity index (χ3n) is 9.15. The Balaban J connectivity index is 1.67. The molecule has 0 radical (unpaired) electrons. The van der Waals surface area contributed by atoms with Crippen LogP contribution in [0, 0.1) is 28.6 Å². The maximum absolute atomic E-state index is 12.9. The topological polar surface area (TPSA) is 83.8 Å². The third kappa shape index (κ3) is 6.58. The van der Waals surface area contributed by atoms with Crippen LogP contribution < -0.4 is 0 Å². The molecule has 0 unspecified atom stereocenters. The molecule has 0 aromatic carbocycles. The average Bonchev–Trinajstić information content (AvgIpc) is 3.18. The van der Waals surface area contributed by atoms with Crippen molar-refractivity contribution in [3.8, 4) is 0 Å². The lowest BCUT2D eigenvalue weighted by atomic mass is 9.61. The lowest BCUT2D eigenvalue weighted by Crippen LogP contribution is -2.36. The molecule has 3 saturated carbocycles. The Labute approximate surface area is 218 Å². The molecule has 5 nitrogen and oxygen atoms in total. The molecular weight excluding hydrogens is 452 g/mol. The van der Waals surface area contributed by atoms with Crippen LogP contribution in [0.3, 0.4) is 0 Å². The van der Waals surface area contributed by atoms with Gasteiger partial charge < -0.3 is 14.9 Å². The van der Waals surface area contributed by atoms with E-state index in [0.717, 1.165) is 44.1 Å². The van der Waals surface area contributed by atoms with Crippen molar-refractivity contribution in [3.05, 3.63) is 35.5 Å². The molecule has 2 N–H and O–H groups in total. The minimum atomic E-state index is -1.17. The smallest absolute Gasteiger partial charge is 0.319 e. The minimum absolute atomic E-state index is 0.190. The normalized spacial score (nSPS) is 33.0. The predicted octanol–water partition coefficient (Wildman–Crippen LogP) is 6.09. The van der Waals surface area contributed by atoms with Crippen LogP contribution in [0.25, 0.3) is 0 Å². The van der Waals surface area contributed by atoms with Gasteiger partial charge in [-0.3, -0.25) is 9.59 Å². The van der Waals surface area contributed by atoms with Gasteiger partial charge in [0.15, 0.2) is 5.78 Å². The van der Waals surface area contributed by atoms with Gasteiger partial charge >= 0.3 is 5.97 Å². The molecule has 6 atom stereocenters. The summed E-state index contributed by atoms with van der Waals surface area (Å²) in [5.74, 6) is 0.629. The maximum atomic E-state index is 12.9. The molecule has 0 amide bonds. The first kappa shape index (κ1) is 28.8. The second-order valence-corrected chi connectivity index (χ2v) is 12.3. The zero-order valence-corrected chi connectivity index (χ0v) is 23.1. The van der Waals surface area contributed by atoms with Crippen molar-refractivity contribution in [2.45, 2.75) is 111 Å². The van der Waals surface area contributed by atoms with Gasteiger partial charge in [-0.15, -0.1) is 0 Å². The number of carbonyl (C=O) groups excluding carboxylic acids is 2. The zero-order chi connectivity index (χ0) is 26.5. The van der Waals surface area contributed by atoms with E-state index in [4.69, 9.17) is 4.74 Å². The number of esters is 1. The first-order chi connectivity index (χ1) is 17.0. The summed E-state index contributed by atoms with van der Waals surface area (Å²) in [7, 11) is 0. The Bertz CT molecular complexity index is 869. The van der Waals surface area contributed by atoms with Crippen molar-refractivity contribution in [2.75, 3.05) is 6.61 Å². The summed E-state index contributed by atoms with van der Waals surface area (Å²) in [6, 6.07) is 0. The number of aliphatic hydroxyl groups excluding tert-OH is 2. The quantitative estimate of drug-likeness (QED) is 0.173. The van der Waals surface area contributed by atoms with Crippen LogP contribution in [0.5, 0.6) is 0 Å². The SMILES string of the molecule is CCCCOC(=O)C(C)(C)C(=O)/C=C/[C@@H](C)[C@H]1CC[C@H]2/C(=C/C=C3C[C@@H](O)C[C@H](O)C3)CCC[C@]12C. The number of hydrogen-bond acceptors (Lipinski definition) is 5. The second kappa shape index (κ2) is 12.2. The fraction of sp³-hybridized carbons (Fsp3) is 0.742. The fourth-order valence-corrected chi connectivity index (χ4v) is 6.85. The predicted molar refractivity (Wildman–Crippen MR) is 143 cm³/mol. The van der Waals surface area contributed by atoms with Gasteiger partial charge in [0.25, 0.3) is 0 Å². The number of carbonyl (C=O) groups is 2. The monoisotopic (exact) mass is 500 g/mol. The van der Waals surface area contributed by atoms with E-state index >= 15 is 0 Å². The van der Waals surface area contributed by atoms with Gasteiger partial charge in [-0.25, -0.2) is 0 Å². The summed E-state index contributed by atoms with van der Waals surface area (Å²) in [4.78, 5) is 25.4. The largest absolute Gasteiger partial charge is 0.465 e. The van der Waals surface area contributed by atoms with Crippen LogP contribution in [0.1, 0.15) is 98.8 Å². The number of allylic oxidation sites excluding steroid dienone is 5. The van der Waals surface area contributed by atoms with Gasteiger partial charge in [0.1, 0.15) is 5.41 Å². The molecule has 36 heavy (non-hydrogen) atoms. The second-order valence-electron chi connectivity index (χ2n) is 12.3. The highest BCUT2D eigenvalue weighted by atomic mass is 16.5. The summed E-state index contributed by atoms with van der Waals surface area (Å²) in [6.07, 6.45) is 16.5. The van der Waals surface area contributed by atoms with E-state index in [1.165, 1.54) is 12.0 Å². The Morgan fingerprint density at radius 1 is 1.17 bits per heavy atom. The van der Waals surface area contributed by atoms with Crippen molar-refractivity contribution in [1.82, 2.24) is 0 Å². The van der Waals surface area contributed by atoms with E-state index in [2.05, 4.69) is 26.0 Å². The van der Waals surface area contributed by atoms with E-state index < -0.39 is 23.6 Å². The number of hydrogen-bond donors (Lipinski definition) is 2. The number of unbranched alkanes of at least 4 members (excludes halogenated alkanes) is 1. The molecule has 0 aromatic heterocycles. The molecule has 3 aliphatic rings. The Morgan fingerprint density at radius 3 is 2.53 bits per heavy atom. The molecule has 3 aliphatic carbocycles. The lowest BCUT2D eigenvalue weighted by molar-refractivity contribution is -0.157. The summed E-state index contributed by atoms with van der Waals surface area (Å²) in [6.45, 7) is 10.3. The number of fused-ring (bicyclic) bond motifs is 1. The summed E-state index contributed by atoms with van der Waals surface area (Å²) < 4.78 is 5.32. The van der Waals surface area contributed by atoms with Crippen LogP contribution in [-0.2, 0) is 14.3 Å². The molecule has 0 aromatic rings. The molecule has 202 valence electrons. The van der Waals surface area contributed by atoms with Crippen molar-refractivity contribution in [3.63, 3.8) is 0 Å². The third-order valence-corrected chi connectivity index (χ3v) is 9.15. The van der Waals surface area contributed by atoms with Crippen molar-refractivity contribution < 1.29 is 24.5 Å².